The van der Waals surface area contributed by atoms with Gasteiger partial charge in [-0.3, -0.25) is 29.0 Å². The molecule has 0 radical (unpaired) electrons. The lowest BCUT2D eigenvalue weighted by Crippen LogP contribution is -2.45. The first-order valence-corrected chi connectivity index (χ1v) is 19.6. The maximum atomic E-state index is 13.8. The summed E-state index contributed by atoms with van der Waals surface area (Å²) < 4.78 is 0. The smallest absolute Gasteiger partial charge is 0.261 e. The van der Waals surface area contributed by atoms with E-state index in [1.807, 2.05) is 75.6 Å². The maximum Gasteiger partial charge on any atom is 0.261 e. The molecule has 290 valence electrons. The second-order valence-corrected chi connectivity index (χ2v) is 15.3. The van der Waals surface area contributed by atoms with Crippen LogP contribution in [0.2, 0.25) is 0 Å². The molecule has 55 heavy (non-hydrogen) atoms. The van der Waals surface area contributed by atoms with Gasteiger partial charge in [-0.2, -0.15) is 0 Å². The number of likely N-dealkylation sites (N-methyl/N-ethyl adjacent to an activating group) is 3. The van der Waals surface area contributed by atoms with Crippen molar-refractivity contribution in [2.45, 2.75) is 13.3 Å². The van der Waals surface area contributed by atoms with Crippen LogP contribution in [-0.4, -0.2) is 161 Å². The maximum absolute atomic E-state index is 13.8. The number of hydrogen-bond donors (Lipinski definition) is 1. The number of benzene rings is 4. The molecule has 3 aliphatic heterocycles. The second kappa shape index (κ2) is 16.9. The first kappa shape index (κ1) is 38.4. The summed E-state index contributed by atoms with van der Waals surface area (Å²) in [5, 5.41) is 7.06. The van der Waals surface area contributed by atoms with E-state index in [2.05, 4.69) is 42.9 Å². The standard InChI is InChI=1S/C43H54N8O4/c1-31-8-5-9-32-37(48-20-16-44-17-21-48)14-12-35(39(31)32)41(53)50(30-52)28-24-45(2)18-7-19-46(3)25-29-51-42(54)34-11-6-10-33-38(49-26-22-47(4)23-27-49)15-13-36(40(33)34)43(51)55/h5-6,8-15,30,44H,7,16-29H2,1-4H3. The molecule has 7 rings (SSSR count). The third kappa shape index (κ3) is 7.95. The van der Waals surface area contributed by atoms with Crippen LogP contribution < -0.4 is 15.1 Å². The van der Waals surface area contributed by atoms with Gasteiger partial charge in [-0.05, 0) is 88.9 Å². The summed E-state index contributed by atoms with van der Waals surface area (Å²) in [4.78, 5) is 67.4. The van der Waals surface area contributed by atoms with Crippen molar-refractivity contribution in [1.29, 1.82) is 0 Å². The quantitative estimate of drug-likeness (QED) is 0.152. The lowest BCUT2D eigenvalue weighted by atomic mass is 9.92. The van der Waals surface area contributed by atoms with Crippen LogP contribution in [0.4, 0.5) is 11.4 Å². The highest BCUT2D eigenvalue weighted by atomic mass is 16.2. The zero-order chi connectivity index (χ0) is 38.6. The number of anilines is 2. The molecule has 1 N–H and O–H groups in total. The zero-order valence-corrected chi connectivity index (χ0v) is 32.7. The van der Waals surface area contributed by atoms with E-state index in [0.29, 0.717) is 42.7 Å². The Kier molecular flexibility index (Phi) is 11.8. The number of rotatable bonds is 14. The predicted octanol–water partition coefficient (Wildman–Crippen LogP) is 3.61. The van der Waals surface area contributed by atoms with E-state index in [0.717, 1.165) is 110 Å². The largest absolute Gasteiger partial charge is 0.368 e. The summed E-state index contributed by atoms with van der Waals surface area (Å²) in [6.45, 7) is 12.7. The van der Waals surface area contributed by atoms with Crippen LogP contribution in [0.5, 0.6) is 0 Å². The van der Waals surface area contributed by atoms with Crippen molar-refractivity contribution >= 4 is 57.1 Å². The molecule has 0 saturated carbocycles. The molecule has 4 amide bonds. The van der Waals surface area contributed by atoms with E-state index in [1.165, 1.54) is 9.80 Å². The normalized spacial score (nSPS) is 16.6. The Labute approximate surface area is 324 Å². The Morgan fingerprint density at radius 1 is 0.709 bits per heavy atom. The zero-order valence-electron chi connectivity index (χ0n) is 32.7. The van der Waals surface area contributed by atoms with Crippen molar-refractivity contribution in [3.05, 3.63) is 82.9 Å². The average Bonchev–Trinajstić information content (AvgIpc) is 3.20. The van der Waals surface area contributed by atoms with Gasteiger partial charge in [0.25, 0.3) is 17.7 Å². The molecular weight excluding hydrogens is 693 g/mol. The van der Waals surface area contributed by atoms with E-state index < -0.39 is 0 Å². The number of piperazine rings is 2. The Morgan fingerprint density at radius 2 is 1.31 bits per heavy atom. The van der Waals surface area contributed by atoms with Crippen molar-refractivity contribution in [2.75, 3.05) is 123 Å². The third-order valence-corrected chi connectivity index (χ3v) is 11.6. The summed E-state index contributed by atoms with van der Waals surface area (Å²) in [5.41, 5.74) is 4.93. The van der Waals surface area contributed by atoms with Crippen LogP contribution in [-0.2, 0) is 4.79 Å². The molecule has 0 bridgehead atoms. The highest BCUT2D eigenvalue weighted by molar-refractivity contribution is 6.26. The topological polar surface area (TPSA) is 103 Å². The van der Waals surface area contributed by atoms with Crippen molar-refractivity contribution in [3.8, 4) is 0 Å². The third-order valence-electron chi connectivity index (χ3n) is 11.6. The first-order chi connectivity index (χ1) is 26.7. The lowest BCUT2D eigenvalue weighted by Gasteiger charge is -2.36. The van der Waals surface area contributed by atoms with E-state index in [1.54, 1.807) is 0 Å². The van der Waals surface area contributed by atoms with E-state index in [9.17, 15) is 19.2 Å². The molecule has 0 aromatic heterocycles. The SMILES string of the molecule is Cc1cccc2c(N3CCNCC3)ccc(C(=O)N(C=O)CCN(C)CCCN(C)CCN3C(=O)c4cccc5c(N6CCN(C)CC6)ccc(c45)C3=O)c12. The Bertz CT molecular complexity index is 2050. The monoisotopic (exact) mass is 746 g/mol. The Hall–Kier alpha value is -4.88. The number of nitrogens with zero attached hydrogens (tertiary/aromatic N) is 7. The van der Waals surface area contributed by atoms with Crippen molar-refractivity contribution in [3.63, 3.8) is 0 Å². The summed E-state index contributed by atoms with van der Waals surface area (Å²) in [5.74, 6) is -0.759. The average molecular weight is 747 g/mol. The highest BCUT2D eigenvalue weighted by Gasteiger charge is 2.34. The van der Waals surface area contributed by atoms with Crippen molar-refractivity contribution in [2.24, 2.45) is 0 Å². The number of amides is 4. The number of fused-ring (bicyclic) bond motifs is 1. The molecule has 4 aromatic carbocycles. The number of carbonyl (C=O) groups is 4. The molecule has 12 heteroatoms. The van der Waals surface area contributed by atoms with Gasteiger partial charge in [0.1, 0.15) is 0 Å². The molecule has 0 aliphatic carbocycles. The van der Waals surface area contributed by atoms with Gasteiger partial charge in [0, 0.05) is 123 Å². The molecular formula is C43H54N8O4. The number of imide groups is 2. The number of nitrogens with one attached hydrogen (secondary N) is 1. The van der Waals surface area contributed by atoms with Gasteiger partial charge in [0.15, 0.2) is 0 Å². The van der Waals surface area contributed by atoms with Crippen molar-refractivity contribution < 1.29 is 19.2 Å². The van der Waals surface area contributed by atoms with Crippen molar-refractivity contribution in [1.82, 2.24) is 29.8 Å². The second-order valence-electron chi connectivity index (χ2n) is 15.3. The fraction of sp³-hybridized carbons (Fsp3) is 0.442. The van der Waals surface area contributed by atoms with Gasteiger partial charge >= 0.3 is 0 Å². The molecule has 0 unspecified atom stereocenters. The number of aryl methyl sites for hydroxylation is 1. The summed E-state index contributed by atoms with van der Waals surface area (Å²) in [6.07, 6.45) is 1.49. The molecule has 2 saturated heterocycles. The minimum Gasteiger partial charge on any atom is -0.368 e. The minimum atomic E-state index is -0.287. The van der Waals surface area contributed by atoms with Gasteiger partial charge in [0.05, 0.1) is 0 Å². The molecule has 2 fully saturated rings. The van der Waals surface area contributed by atoms with Gasteiger partial charge < -0.3 is 29.8 Å². The van der Waals surface area contributed by atoms with E-state index in [-0.39, 0.29) is 24.3 Å². The van der Waals surface area contributed by atoms with Gasteiger partial charge in [-0.15, -0.1) is 0 Å². The molecule has 0 atom stereocenters. The Balaban J connectivity index is 0.907. The van der Waals surface area contributed by atoms with Crippen LogP contribution in [0.1, 0.15) is 43.1 Å². The fourth-order valence-electron chi connectivity index (χ4n) is 8.33. The molecule has 0 spiro atoms. The number of hydrogen-bond acceptors (Lipinski definition) is 10. The summed E-state index contributed by atoms with van der Waals surface area (Å²) in [6, 6.07) is 19.7. The van der Waals surface area contributed by atoms with E-state index in [4.69, 9.17) is 0 Å². The molecule has 3 heterocycles. The highest BCUT2D eigenvalue weighted by Crippen LogP contribution is 2.37. The van der Waals surface area contributed by atoms with Gasteiger partial charge in [-0.25, -0.2) is 0 Å². The van der Waals surface area contributed by atoms with Gasteiger partial charge in [0.2, 0.25) is 6.41 Å². The molecule has 4 aromatic rings. The van der Waals surface area contributed by atoms with Gasteiger partial charge in [-0.1, -0.05) is 30.3 Å². The molecule has 3 aliphatic rings. The van der Waals surface area contributed by atoms with Crippen LogP contribution in [0.25, 0.3) is 21.5 Å². The van der Waals surface area contributed by atoms with Crippen LogP contribution in [0.3, 0.4) is 0 Å². The fourth-order valence-corrected chi connectivity index (χ4v) is 8.33. The predicted molar refractivity (Wildman–Crippen MR) is 220 cm³/mol. The number of carbonyl (C=O) groups excluding carboxylic acids is 4. The summed E-state index contributed by atoms with van der Waals surface area (Å²) in [7, 11) is 6.12. The minimum absolute atomic E-state index is 0.236. The van der Waals surface area contributed by atoms with Crippen LogP contribution in [0, 0.1) is 6.92 Å². The van der Waals surface area contributed by atoms with Crippen LogP contribution >= 0.6 is 0 Å². The van der Waals surface area contributed by atoms with E-state index >= 15 is 0 Å². The Morgan fingerprint density at radius 3 is 2.00 bits per heavy atom. The first-order valence-electron chi connectivity index (χ1n) is 19.6. The molecule has 12 nitrogen and oxygen atoms in total. The van der Waals surface area contributed by atoms with Crippen LogP contribution in [0.15, 0.2) is 60.7 Å². The summed E-state index contributed by atoms with van der Waals surface area (Å²) >= 11 is 0. The lowest BCUT2D eigenvalue weighted by molar-refractivity contribution is -0.116.